The van der Waals surface area contributed by atoms with E-state index in [2.05, 4.69) is 25.5 Å². The molecule has 3 aromatic heterocycles. The molecule has 0 atom stereocenters. The molecule has 0 aliphatic heterocycles. The van der Waals surface area contributed by atoms with Crippen molar-refractivity contribution in [3.8, 4) is 11.1 Å². The molecule has 0 radical (unpaired) electrons. The van der Waals surface area contributed by atoms with Crippen LogP contribution in [0.4, 0.5) is 5.82 Å². The minimum atomic E-state index is -0.205. The van der Waals surface area contributed by atoms with E-state index in [9.17, 15) is 4.79 Å². The summed E-state index contributed by atoms with van der Waals surface area (Å²) in [6, 6.07) is 9.60. The number of nitrogens with zero attached hydrogens (tertiary/aromatic N) is 2. The molecule has 0 saturated heterocycles. The number of benzene rings is 1. The second kappa shape index (κ2) is 5.91. The van der Waals surface area contributed by atoms with Crippen LogP contribution in [-0.2, 0) is 0 Å². The zero-order chi connectivity index (χ0) is 17.4. The van der Waals surface area contributed by atoms with Crippen molar-refractivity contribution >= 4 is 33.7 Å². The van der Waals surface area contributed by atoms with E-state index in [0.717, 1.165) is 27.4 Å². The fourth-order valence-corrected chi connectivity index (χ4v) is 2.88. The monoisotopic (exact) mass is 335 g/mol. The van der Waals surface area contributed by atoms with Gasteiger partial charge in [-0.15, -0.1) is 0 Å². The molecule has 0 unspecified atom stereocenters. The number of carbonyl (C=O) groups excluding carboxylic acids is 1. The van der Waals surface area contributed by atoms with E-state index < -0.39 is 0 Å². The van der Waals surface area contributed by atoms with Gasteiger partial charge in [-0.1, -0.05) is 6.07 Å². The molecular formula is C17H17N7O. The van der Waals surface area contributed by atoms with Crippen molar-refractivity contribution in [3.05, 3.63) is 42.2 Å². The molecule has 0 aliphatic rings. The van der Waals surface area contributed by atoms with Gasteiger partial charge < -0.3 is 21.8 Å². The Morgan fingerprint density at radius 1 is 1.20 bits per heavy atom. The summed E-state index contributed by atoms with van der Waals surface area (Å²) in [6.07, 6.45) is 1.71. The maximum atomic E-state index is 12.2. The number of pyridine rings is 1. The number of fused-ring (bicyclic) bond motifs is 2. The first kappa shape index (κ1) is 15.2. The van der Waals surface area contributed by atoms with Gasteiger partial charge in [0.1, 0.15) is 11.3 Å². The van der Waals surface area contributed by atoms with Crippen LogP contribution in [0.25, 0.3) is 33.1 Å². The summed E-state index contributed by atoms with van der Waals surface area (Å²) < 4.78 is 0. The van der Waals surface area contributed by atoms with Crippen LogP contribution in [0.5, 0.6) is 0 Å². The Hall–Kier alpha value is -3.39. The van der Waals surface area contributed by atoms with E-state index in [4.69, 9.17) is 11.5 Å². The Morgan fingerprint density at radius 3 is 2.92 bits per heavy atom. The lowest BCUT2D eigenvalue weighted by molar-refractivity contribution is 0.0950. The van der Waals surface area contributed by atoms with E-state index in [1.165, 1.54) is 0 Å². The van der Waals surface area contributed by atoms with Crippen molar-refractivity contribution in [2.75, 3.05) is 18.8 Å². The van der Waals surface area contributed by atoms with Gasteiger partial charge in [-0.2, -0.15) is 5.10 Å². The number of H-pyrrole nitrogens is 2. The summed E-state index contributed by atoms with van der Waals surface area (Å²) in [5.41, 5.74) is 15.2. The predicted octanol–water partition coefficient (Wildman–Crippen LogP) is 1.38. The highest BCUT2D eigenvalue weighted by atomic mass is 16.1. The minimum absolute atomic E-state index is 0.205. The molecule has 4 rings (SSSR count). The van der Waals surface area contributed by atoms with Crippen LogP contribution < -0.4 is 16.8 Å². The number of anilines is 1. The standard InChI is InChI=1S/C17H17N7O/c18-4-6-21-17(25)14-8-11-10(3-5-20-16(11)22-14)9-1-2-13-12(7-9)15(19)24-23-13/h1-3,5,7-8H,4,6,18H2,(H,20,22)(H,21,25)(H3,19,23,24). The number of hydrogen-bond donors (Lipinski definition) is 5. The lowest BCUT2D eigenvalue weighted by Crippen LogP contribution is -2.29. The van der Waals surface area contributed by atoms with Gasteiger partial charge in [0.2, 0.25) is 0 Å². The lowest BCUT2D eigenvalue weighted by Gasteiger charge is -2.03. The number of nitrogen functional groups attached to an aromatic ring is 1. The quantitative estimate of drug-likeness (QED) is 0.383. The third-order valence-electron chi connectivity index (χ3n) is 4.11. The van der Waals surface area contributed by atoms with Crippen LogP contribution in [0, 0.1) is 0 Å². The fourth-order valence-electron chi connectivity index (χ4n) is 2.88. The smallest absolute Gasteiger partial charge is 0.267 e. The summed E-state index contributed by atoms with van der Waals surface area (Å²) in [5, 5.41) is 11.4. The van der Waals surface area contributed by atoms with Crippen LogP contribution in [0.2, 0.25) is 0 Å². The van der Waals surface area contributed by atoms with Gasteiger partial charge in [0, 0.05) is 30.1 Å². The van der Waals surface area contributed by atoms with Gasteiger partial charge in [0.15, 0.2) is 5.82 Å². The number of aromatic amines is 2. The molecule has 25 heavy (non-hydrogen) atoms. The van der Waals surface area contributed by atoms with Crippen molar-refractivity contribution in [2.24, 2.45) is 5.73 Å². The molecule has 8 heteroatoms. The molecule has 1 aromatic carbocycles. The van der Waals surface area contributed by atoms with Gasteiger partial charge in [-0.25, -0.2) is 4.98 Å². The Balaban J connectivity index is 1.82. The number of hydrogen-bond acceptors (Lipinski definition) is 5. The minimum Gasteiger partial charge on any atom is -0.382 e. The molecule has 8 nitrogen and oxygen atoms in total. The molecule has 0 saturated carbocycles. The Kier molecular flexibility index (Phi) is 3.58. The van der Waals surface area contributed by atoms with Crippen molar-refractivity contribution in [2.45, 2.75) is 0 Å². The highest BCUT2D eigenvalue weighted by molar-refractivity contribution is 6.03. The van der Waals surface area contributed by atoms with Gasteiger partial charge >= 0.3 is 0 Å². The number of rotatable bonds is 4. The summed E-state index contributed by atoms with van der Waals surface area (Å²) >= 11 is 0. The number of aromatic nitrogens is 4. The summed E-state index contributed by atoms with van der Waals surface area (Å²) in [5.74, 6) is 0.252. The Morgan fingerprint density at radius 2 is 2.08 bits per heavy atom. The highest BCUT2D eigenvalue weighted by Gasteiger charge is 2.14. The zero-order valence-corrected chi connectivity index (χ0v) is 13.3. The van der Waals surface area contributed by atoms with E-state index >= 15 is 0 Å². The van der Waals surface area contributed by atoms with Crippen molar-refractivity contribution in [1.29, 1.82) is 0 Å². The molecule has 4 aromatic rings. The van der Waals surface area contributed by atoms with Crippen LogP contribution in [0.15, 0.2) is 36.5 Å². The largest absolute Gasteiger partial charge is 0.382 e. The normalized spacial score (nSPS) is 11.2. The van der Waals surface area contributed by atoms with Crippen molar-refractivity contribution < 1.29 is 4.79 Å². The molecule has 0 spiro atoms. The average molecular weight is 335 g/mol. The van der Waals surface area contributed by atoms with Gasteiger partial charge in [-0.3, -0.25) is 9.89 Å². The molecular weight excluding hydrogens is 318 g/mol. The number of carbonyl (C=O) groups is 1. The average Bonchev–Trinajstić information content (AvgIpc) is 3.23. The van der Waals surface area contributed by atoms with Crippen molar-refractivity contribution in [3.63, 3.8) is 0 Å². The summed E-state index contributed by atoms with van der Waals surface area (Å²) in [7, 11) is 0. The van der Waals surface area contributed by atoms with Crippen LogP contribution in [0.1, 0.15) is 10.5 Å². The fraction of sp³-hybridized carbons (Fsp3) is 0.118. The Bertz CT molecular complexity index is 1080. The zero-order valence-electron chi connectivity index (χ0n) is 13.3. The van der Waals surface area contributed by atoms with Crippen molar-refractivity contribution in [1.82, 2.24) is 25.5 Å². The van der Waals surface area contributed by atoms with E-state index in [0.29, 0.717) is 30.2 Å². The number of nitrogens with one attached hydrogen (secondary N) is 3. The highest BCUT2D eigenvalue weighted by Crippen LogP contribution is 2.31. The van der Waals surface area contributed by atoms with E-state index in [-0.39, 0.29) is 5.91 Å². The van der Waals surface area contributed by atoms with Crippen LogP contribution in [0.3, 0.4) is 0 Å². The lowest BCUT2D eigenvalue weighted by atomic mass is 10.0. The summed E-state index contributed by atoms with van der Waals surface area (Å²) in [6.45, 7) is 0.812. The third-order valence-corrected chi connectivity index (χ3v) is 4.11. The predicted molar refractivity (Wildman–Crippen MR) is 97.0 cm³/mol. The van der Waals surface area contributed by atoms with Gasteiger partial charge in [-0.05, 0) is 35.4 Å². The summed E-state index contributed by atoms with van der Waals surface area (Å²) in [4.78, 5) is 19.5. The maximum absolute atomic E-state index is 12.2. The topological polar surface area (TPSA) is 138 Å². The first-order valence-electron chi connectivity index (χ1n) is 7.87. The molecule has 7 N–H and O–H groups in total. The van der Waals surface area contributed by atoms with Gasteiger partial charge in [0.05, 0.1) is 5.52 Å². The molecule has 3 heterocycles. The third kappa shape index (κ3) is 2.58. The van der Waals surface area contributed by atoms with Gasteiger partial charge in [0.25, 0.3) is 5.91 Å². The first-order valence-corrected chi connectivity index (χ1v) is 7.87. The number of nitrogens with two attached hydrogens (primary N) is 2. The van der Waals surface area contributed by atoms with Crippen LogP contribution >= 0.6 is 0 Å². The molecule has 126 valence electrons. The van der Waals surface area contributed by atoms with E-state index in [1.54, 1.807) is 12.3 Å². The maximum Gasteiger partial charge on any atom is 0.267 e. The SMILES string of the molecule is NCCNC(=O)c1cc2c(-c3ccc4[nH]nc(N)c4c3)ccnc2[nH]1. The molecule has 0 aliphatic carbocycles. The van der Waals surface area contributed by atoms with E-state index in [1.807, 2.05) is 24.3 Å². The number of amides is 1. The molecule has 0 fully saturated rings. The second-order valence-electron chi connectivity index (χ2n) is 5.72. The van der Waals surface area contributed by atoms with Crippen LogP contribution in [-0.4, -0.2) is 39.2 Å². The second-order valence-corrected chi connectivity index (χ2v) is 5.72. The Labute approximate surface area is 142 Å². The first-order chi connectivity index (χ1) is 12.2. The molecule has 1 amide bonds. The molecule has 0 bridgehead atoms.